The number of rotatable bonds is 1. The summed E-state index contributed by atoms with van der Waals surface area (Å²) in [6, 6.07) is 6.04. The summed E-state index contributed by atoms with van der Waals surface area (Å²) < 4.78 is 17.7. The maximum absolute atomic E-state index is 6.21. The second-order valence-electron chi connectivity index (χ2n) is 6.16. The Labute approximate surface area is 114 Å². The van der Waals surface area contributed by atoms with Crippen LogP contribution in [0, 0.1) is 5.92 Å². The van der Waals surface area contributed by atoms with Crippen molar-refractivity contribution in [1.29, 1.82) is 0 Å². The van der Waals surface area contributed by atoms with Gasteiger partial charge in [0, 0.05) is 17.5 Å². The molecule has 1 fully saturated rings. The van der Waals surface area contributed by atoms with Gasteiger partial charge < -0.3 is 14.2 Å². The molecule has 1 aromatic carbocycles. The number of benzene rings is 1. The van der Waals surface area contributed by atoms with Crippen LogP contribution >= 0.6 is 0 Å². The first-order valence-electron chi connectivity index (χ1n) is 7.03. The molecule has 3 heteroatoms. The van der Waals surface area contributed by atoms with Gasteiger partial charge in [0.1, 0.15) is 17.1 Å². The number of methoxy groups -OCH3 is 1. The molecule has 0 radical (unpaired) electrons. The lowest BCUT2D eigenvalue weighted by atomic mass is 9.75. The molecule has 2 heterocycles. The molecule has 0 saturated carbocycles. The summed E-state index contributed by atoms with van der Waals surface area (Å²) in [5.41, 5.74) is 0.973. The lowest BCUT2D eigenvalue weighted by Gasteiger charge is -2.48. The monoisotopic (exact) mass is 262 g/mol. The van der Waals surface area contributed by atoms with E-state index in [2.05, 4.69) is 26.8 Å². The topological polar surface area (TPSA) is 27.7 Å². The predicted molar refractivity (Wildman–Crippen MR) is 73.7 cm³/mol. The molecule has 0 aliphatic carbocycles. The molecule has 0 bridgehead atoms. The van der Waals surface area contributed by atoms with Crippen molar-refractivity contribution in [3.05, 3.63) is 23.8 Å². The molecule has 104 valence electrons. The third-order valence-electron chi connectivity index (χ3n) is 4.42. The second-order valence-corrected chi connectivity index (χ2v) is 6.16. The molecular weight excluding hydrogens is 240 g/mol. The van der Waals surface area contributed by atoms with Gasteiger partial charge in [0.05, 0.1) is 19.3 Å². The number of hydrogen-bond donors (Lipinski definition) is 0. The summed E-state index contributed by atoms with van der Waals surface area (Å²) >= 11 is 0. The standard InChI is InChI=1S/C16H22O3/c1-10-5-8-13-15(18-10)12-7-6-11(17-4)9-14(12)19-16(13,2)3/h6-7,9-10,13,15H,5,8H2,1-4H3/t10-,13-,15+/m1/s1. The lowest BCUT2D eigenvalue weighted by molar-refractivity contribution is -0.144. The highest BCUT2D eigenvalue weighted by molar-refractivity contribution is 5.44. The van der Waals surface area contributed by atoms with Crippen molar-refractivity contribution >= 4 is 0 Å². The lowest BCUT2D eigenvalue weighted by Crippen LogP contribution is -2.48. The van der Waals surface area contributed by atoms with E-state index in [0.717, 1.165) is 29.9 Å². The van der Waals surface area contributed by atoms with Crippen molar-refractivity contribution in [3.8, 4) is 11.5 Å². The third kappa shape index (κ3) is 2.10. The molecule has 0 unspecified atom stereocenters. The van der Waals surface area contributed by atoms with Crippen LogP contribution in [0.2, 0.25) is 0 Å². The van der Waals surface area contributed by atoms with Gasteiger partial charge in [-0.1, -0.05) is 0 Å². The Balaban J connectivity index is 2.04. The predicted octanol–water partition coefficient (Wildman–Crippen LogP) is 3.72. The van der Waals surface area contributed by atoms with Gasteiger partial charge in [-0.25, -0.2) is 0 Å². The van der Waals surface area contributed by atoms with E-state index < -0.39 is 0 Å². The van der Waals surface area contributed by atoms with E-state index in [1.54, 1.807) is 7.11 Å². The minimum Gasteiger partial charge on any atom is -0.497 e. The van der Waals surface area contributed by atoms with Gasteiger partial charge in [0.2, 0.25) is 0 Å². The van der Waals surface area contributed by atoms with Crippen LogP contribution in [0.3, 0.4) is 0 Å². The molecule has 1 aromatic rings. The zero-order valence-corrected chi connectivity index (χ0v) is 12.1. The Bertz CT molecular complexity index is 481. The molecule has 3 atom stereocenters. The summed E-state index contributed by atoms with van der Waals surface area (Å²) in [4.78, 5) is 0. The average Bonchev–Trinajstić information content (AvgIpc) is 2.37. The Morgan fingerprint density at radius 3 is 2.79 bits per heavy atom. The first-order chi connectivity index (χ1) is 9.01. The molecular formula is C16H22O3. The largest absolute Gasteiger partial charge is 0.497 e. The summed E-state index contributed by atoms with van der Waals surface area (Å²) in [5, 5.41) is 0. The Kier molecular flexibility index (Phi) is 2.97. The molecule has 3 rings (SSSR count). The van der Waals surface area contributed by atoms with Crippen LogP contribution < -0.4 is 9.47 Å². The van der Waals surface area contributed by atoms with E-state index >= 15 is 0 Å². The molecule has 19 heavy (non-hydrogen) atoms. The smallest absolute Gasteiger partial charge is 0.129 e. The van der Waals surface area contributed by atoms with Crippen LogP contribution in [0.25, 0.3) is 0 Å². The first kappa shape index (κ1) is 12.8. The van der Waals surface area contributed by atoms with Gasteiger partial charge in [-0.05, 0) is 45.7 Å². The molecule has 0 spiro atoms. The average molecular weight is 262 g/mol. The van der Waals surface area contributed by atoms with Gasteiger partial charge in [0.15, 0.2) is 0 Å². The van der Waals surface area contributed by atoms with Crippen LogP contribution in [0.4, 0.5) is 0 Å². The van der Waals surface area contributed by atoms with Gasteiger partial charge in [-0.2, -0.15) is 0 Å². The summed E-state index contributed by atoms with van der Waals surface area (Å²) in [7, 11) is 1.68. The molecule has 1 saturated heterocycles. The van der Waals surface area contributed by atoms with E-state index in [1.165, 1.54) is 0 Å². The molecule has 2 aliphatic heterocycles. The zero-order valence-electron chi connectivity index (χ0n) is 12.1. The van der Waals surface area contributed by atoms with E-state index in [4.69, 9.17) is 14.2 Å². The minimum absolute atomic E-state index is 0.147. The molecule has 0 N–H and O–H groups in total. The highest BCUT2D eigenvalue weighted by Gasteiger charge is 2.46. The van der Waals surface area contributed by atoms with Crippen molar-refractivity contribution in [1.82, 2.24) is 0 Å². The van der Waals surface area contributed by atoms with Gasteiger partial charge in [-0.15, -0.1) is 0 Å². The fourth-order valence-corrected chi connectivity index (χ4v) is 3.31. The summed E-state index contributed by atoms with van der Waals surface area (Å²) in [6.45, 7) is 6.47. The van der Waals surface area contributed by atoms with Crippen molar-refractivity contribution in [2.45, 2.75) is 51.4 Å². The highest BCUT2D eigenvalue weighted by Crippen LogP contribution is 2.51. The quantitative estimate of drug-likeness (QED) is 0.772. The van der Waals surface area contributed by atoms with Gasteiger partial charge in [0.25, 0.3) is 0 Å². The fraction of sp³-hybridized carbons (Fsp3) is 0.625. The second kappa shape index (κ2) is 4.41. The SMILES string of the molecule is COc1ccc2c(c1)OC(C)(C)[C@@H]1CC[C@@H](C)O[C@@H]21. The van der Waals surface area contributed by atoms with Crippen molar-refractivity contribution in [2.75, 3.05) is 7.11 Å². The van der Waals surface area contributed by atoms with Crippen molar-refractivity contribution in [3.63, 3.8) is 0 Å². The maximum atomic E-state index is 6.21. The Hall–Kier alpha value is -1.22. The number of hydrogen-bond acceptors (Lipinski definition) is 3. The summed E-state index contributed by atoms with van der Waals surface area (Å²) in [6.07, 6.45) is 2.74. The van der Waals surface area contributed by atoms with Crippen LogP contribution in [-0.4, -0.2) is 18.8 Å². The zero-order chi connectivity index (χ0) is 13.6. The number of ether oxygens (including phenoxy) is 3. The van der Waals surface area contributed by atoms with Crippen LogP contribution in [0.1, 0.15) is 45.3 Å². The fourth-order valence-electron chi connectivity index (χ4n) is 3.31. The molecule has 3 nitrogen and oxygen atoms in total. The molecule has 2 aliphatic rings. The van der Waals surface area contributed by atoms with Gasteiger partial charge >= 0.3 is 0 Å². The van der Waals surface area contributed by atoms with Crippen molar-refractivity contribution < 1.29 is 14.2 Å². The van der Waals surface area contributed by atoms with Crippen molar-refractivity contribution in [2.24, 2.45) is 5.92 Å². The Morgan fingerprint density at radius 1 is 1.26 bits per heavy atom. The summed E-state index contributed by atoms with van der Waals surface area (Å²) in [5.74, 6) is 2.15. The first-order valence-corrected chi connectivity index (χ1v) is 7.03. The third-order valence-corrected chi connectivity index (χ3v) is 4.42. The van der Waals surface area contributed by atoms with Crippen LogP contribution in [-0.2, 0) is 4.74 Å². The van der Waals surface area contributed by atoms with Crippen LogP contribution in [0.5, 0.6) is 11.5 Å². The van der Waals surface area contributed by atoms with E-state index in [1.807, 2.05) is 12.1 Å². The van der Waals surface area contributed by atoms with Gasteiger partial charge in [-0.3, -0.25) is 0 Å². The van der Waals surface area contributed by atoms with E-state index in [9.17, 15) is 0 Å². The minimum atomic E-state index is -0.190. The maximum Gasteiger partial charge on any atom is 0.129 e. The van der Waals surface area contributed by atoms with Crippen LogP contribution in [0.15, 0.2) is 18.2 Å². The normalized spacial score (nSPS) is 31.9. The molecule has 0 aromatic heterocycles. The van der Waals surface area contributed by atoms with E-state index in [-0.39, 0.29) is 11.7 Å². The number of fused-ring (bicyclic) bond motifs is 3. The molecule has 0 amide bonds. The van der Waals surface area contributed by atoms with E-state index in [0.29, 0.717) is 12.0 Å². The Morgan fingerprint density at radius 2 is 2.05 bits per heavy atom. The highest BCUT2D eigenvalue weighted by atomic mass is 16.5.